The summed E-state index contributed by atoms with van der Waals surface area (Å²) in [6.07, 6.45) is 2.19. The van der Waals surface area contributed by atoms with Gasteiger partial charge in [-0.3, -0.25) is 19.1 Å². The first-order valence-electron chi connectivity index (χ1n) is 11.0. The Morgan fingerprint density at radius 3 is 2.55 bits per heavy atom. The van der Waals surface area contributed by atoms with Crippen LogP contribution >= 0.6 is 0 Å². The van der Waals surface area contributed by atoms with Crippen molar-refractivity contribution in [2.75, 3.05) is 20.6 Å². The summed E-state index contributed by atoms with van der Waals surface area (Å²) < 4.78 is 7.12. The van der Waals surface area contributed by atoms with Crippen molar-refractivity contribution in [3.8, 4) is 5.69 Å². The number of carbonyl (C=O) groups excluding carboxylic acids is 1. The van der Waals surface area contributed by atoms with Crippen molar-refractivity contribution in [1.29, 1.82) is 0 Å². The van der Waals surface area contributed by atoms with Crippen molar-refractivity contribution in [1.82, 2.24) is 19.8 Å². The molecule has 1 N–H and O–H groups in total. The fraction of sp³-hybridized carbons (Fsp3) is 0.269. The van der Waals surface area contributed by atoms with Gasteiger partial charge in [0.1, 0.15) is 11.6 Å². The molecule has 0 aliphatic heterocycles. The standard InChI is InChI=1S/C26H28N4O3/c1-18-10-12-19(13-11-18)30-24(28-21-8-5-4-7-20(21)26(30)32)14-15-25(31)27-17-22(29(2)3)23-9-6-16-33-23/h4-13,16,22H,14-15,17H2,1-3H3,(H,27,31). The van der Waals surface area contributed by atoms with Crippen molar-refractivity contribution < 1.29 is 9.21 Å². The summed E-state index contributed by atoms with van der Waals surface area (Å²) >= 11 is 0. The number of aromatic nitrogens is 2. The molecule has 33 heavy (non-hydrogen) atoms. The largest absolute Gasteiger partial charge is 0.468 e. The minimum Gasteiger partial charge on any atom is -0.468 e. The van der Waals surface area contributed by atoms with Gasteiger partial charge >= 0.3 is 0 Å². The Kier molecular flexibility index (Phi) is 6.70. The van der Waals surface area contributed by atoms with Crippen LogP contribution in [0, 0.1) is 6.92 Å². The van der Waals surface area contributed by atoms with Crippen LogP contribution < -0.4 is 10.9 Å². The maximum atomic E-state index is 13.3. The summed E-state index contributed by atoms with van der Waals surface area (Å²) in [6.45, 7) is 2.43. The first-order chi connectivity index (χ1) is 15.9. The Morgan fingerprint density at radius 1 is 1.09 bits per heavy atom. The topological polar surface area (TPSA) is 80.4 Å². The van der Waals surface area contributed by atoms with Crippen LogP contribution in [0.5, 0.6) is 0 Å². The molecule has 4 rings (SSSR count). The van der Waals surface area contributed by atoms with Gasteiger partial charge in [-0.05, 0) is 57.4 Å². The maximum absolute atomic E-state index is 13.3. The number of carbonyl (C=O) groups is 1. The Balaban J connectivity index is 1.55. The van der Waals surface area contributed by atoms with Crippen LogP contribution in [-0.4, -0.2) is 41.0 Å². The molecule has 0 fully saturated rings. The summed E-state index contributed by atoms with van der Waals surface area (Å²) in [5.41, 5.74) is 2.34. The molecular formula is C26H28N4O3. The van der Waals surface area contributed by atoms with E-state index in [1.54, 1.807) is 16.9 Å². The molecule has 0 radical (unpaired) electrons. The number of aryl methyl sites for hydroxylation is 2. The molecule has 7 heteroatoms. The van der Waals surface area contributed by atoms with Crippen LogP contribution in [-0.2, 0) is 11.2 Å². The van der Waals surface area contributed by atoms with E-state index in [4.69, 9.17) is 9.40 Å². The number of likely N-dealkylation sites (N-methyl/N-ethyl adjacent to an activating group) is 1. The highest BCUT2D eigenvalue weighted by Gasteiger charge is 2.19. The molecule has 2 aromatic heterocycles. The molecule has 0 bridgehead atoms. The van der Waals surface area contributed by atoms with Gasteiger partial charge in [-0.25, -0.2) is 4.98 Å². The van der Waals surface area contributed by atoms with E-state index in [1.807, 2.05) is 80.5 Å². The van der Waals surface area contributed by atoms with Crippen LogP contribution in [0.4, 0.5) is 0 Å². The number of nitrogens with zero attached hydrogens (tertiary/aromatic N) is 3. The van der Waals surface area contributed by atoms with Gasteiger partial charge in [0.25, 0.3) is 5.56 Å². The molecule has 0 saturated carbocycles. The number of furan rings is 1. The highest BCUT2D eigenvalue weighted by atomic mass is 16.3. The normalized spacial score (nSPS) is 12.2. The fourth-order valence-electron chi connectivity index (χ4n) is 3.85. The Hall–Kier alpha value is -3.71. The maximum Gasteiger partial charge on any atom is 0.265 e. The lowest BCUT2D eigenvalue weighted by Gasteiger charge is -2.22. The van der Waals surface area contributed by atoms with Gasteiger partial charge in [-0.2, -0.15) is 0 Å². The summed E-state index contributed by atoms with van der Waals surface area (Å²) in [5.74, 6) is 1.25. The predicted octanol–water partition coefficient (Wildman–Crippen LogP) is 3.64. The van der Waals surface area contributed by atoms with Crippen molar-refractivity contribution >= 4 is 16.8 Å². The third kappa shape index (κ3) is 5.04. The average Bonchev–Trinajstić information content (AvgIpc) is 3.33. The summed E-state index contributed by atoms with van der Waals surface area (Å²) in [6, 6.07) is 18.7. The first-order valence-corrected chi connectivity index (χ1v) is 11.0. The molecule has 170 valence electrons. The van der Waals surface area contributed by atoms with E-state index >= 15 is 0 Å². The van der Waals surface area contributed by atoms with Crippen LogP contribution in [0.15, 0.2) is 76.1 Å². The lowest BCUT2D eigenvalue weighted by atomic mass is 10.1. The van der Waals surface area contributed by atoms with Crippen LogP contribution in [0.2, 0.25) is 0 Å². The number of benzene rings is 2. The minimum atomic E-state index is -0.134. The molecule has 1 amide bonds. The van der Waals surface area contributed by atoms with Crippen LogP contribution in [0.3, 0.4) is 0 Å². The van der Waals surface area contributed by atoms with Gasteiger partial charge in [0.15, 0.2) is 0 Å². The summed E-state index contributed by atoms with van der Waals surface area (Å²) in [5, 5.41) is 3.54. The predicted molar refractivity (Wildman–Crippen MR) is 129 cm³/mol. The lowest BCUT2D eigenvalue weighted by molar-refractivity contribution is -0.121. The van der Waals surface area contributed by atoms with Crippen molar-refractivity contribution in [2.45, 2.75) is 25.8 Å². The zero-order valence-corrected chi connectivity index (χ0v) is 19.1. The quantitative estimate of drug-likeness (QED) is 0.449. The minimum absolute atomic E-state index is 0.0616. The fourth-order valence-corrected chi connectivity index (χ4v) is 3.85. The third-order valence-corrected chi connectivity index (χ3v) is 5.70. The van der Waals surface area contributed by atoms with E-state index in [0.717, 1.165) is 17.0 Å². The van der Waals surface area contributed by atoms with Crippen molar-refractivity contribution in [3.63, 3.8) is 0 Å². The van der Waals surface area contributed by atoms with Crippen LogP contribution in [0.25, 0.3) is 16.6 Å². The van der Waals surface area contributed by atoms with E-state index in [0.29, 0.717) is 29.7 Å². The number of rotatable bonds is 8. The molecule has 0 spiro atoms. The second kappa shape index (κ2) is 9.83. The number of hydrogen-bond donors (Lipinski definition) is 1. The van der Waals surface area contributed by atoms with Gasteiger partial charge in [0, 0.05) is 19.4 Å². The van der Waals surface area contributed by atoms with Crippen molar-refractivity contribution in [2.24, 2.45) is 0 Å². The van der Waals surface area contributed by atoms with Crippen molar-refractivity contribution in [3.05, 3.63) is 94.4 Å². The summed E-state index contributed by atoms with van der Waals surface area (Å²) in [4.78, 5) is 32.7. The summed E-state index contributed by atoms with van der Waals surface area (Å²) in [7, 11) is 3.89. The van der Waals surface area contributed by atoms with E-state index < -0.39 is 0 Å². The third-order valence-electron chi connectivity index (χ3n) is 5.70. The molecule has 1 unspecified atom stereocenters. The number of para-hydroxylation sites is 1. The van der Waals surface area contributed by atoms with Gasteiger partial charge in [0.05, 0.1) is 28.9 Å². The molecule has 2 aromatic carbocycles. The molecular weight excluding hydrogens is 416 g/mol. The number of amides is 1. The molecule has 4 aromatic rings. The average molecular weight is 445 g/mol. The zero-order chi connectivity index (χ0) is 23.4. The molecule has 7 nitrogen and oxygen atoms in total. The molecule has 0 saturated heterocycles. The molecule has 0 aliphatic carbocycles. The highest BCUT2D eigenvalue weighted by Crippen LogP contribution is 2.18. The Morgan fingerprint density at radius 2 is 1.85 bits per heavy atom. The zero-order valence-electron chi connectivity index (χ0n) is 19.1. The first kappa shape index (κ1) is 22.5. The number of fused-ring (bicyclic) bond motifs is 1. The Bertz CT molecular complexity index is 1290. The molecule has 0 aliphatic rings. The van der Waals surface area contributed by atoms with Gasteiger partial charge < -0.3 is 9.73 Å². The second-order valence-electron chi connectivity index (χ2n) is 8.32. The van der Waals surface area contributed by atoms with Gasteiger partial charge in [-0.15, -0.1) is 0 Å². The number of nitrogens with one attached hydrogen (secondary N) is 1. The number of hydrogen-bond acceptors (Lipinski definition) is 5. The Labute approximate surface area is 192 Å². The SMILES string of the molecule is Cc1ccc(-n2c(CCC(=O)NCC(c3ccco3)N(C)C)nc3ccccc3c2=O)cc1. The van der Waals surface area contributed by atoms with E-state index in [2.05, 4.69) is 5.32 Å². The van der Waals surface area contributed by atoms with E-state index in [1.165, 1.54) is 0 Å². The monoisotopic (exact) mass is 444 g/mol. The molecule has 2 heterocycles. The lowest BCUT2D eigenvalue weighted by Crippen LogP contribution is -2.34. The smallest absolute Gasteiger partial charge is 0.265 e. The van der Waals surface area contributed by atoms with Gasteiger partial charge in [-0.1, -0.05) is 29.8 Å². The van der Waals surface area contributed by atoms with E-state index in [9.17, 15) is 9.59 Å². The highest BCUT2D eigenvalue weighted by molar-refractivity contribution is 5.78. The second-order valence-corrected chi connectivity index (χ2v) is 8.32. The van der Waals surface area contributed by atoms with E-state index in [-0.39, 0.29) is 23.9 Å². The molecule has 1 atom stereocenters. The van der Waals surface area contributed by atoms with Gasteiger partial charge in [0.2, 0.25) is 5.91 Å². The van der Waals surface area contributed by atoms with Crippen LogP contribution in [0.1, 0.15) is 29.6 Å².